The monoisotopic (exact) mass is 248 g/mol. The van der Waals surface area contributed by atoms with Gasteiger partial charge in [-0.05, 0) is 18.2 Å². The van der Waals surface area contributed by atoms with Crippen LogP contribution in [0.5, 0.6) is 0 Å². The highest BCUT2D eigenvalue weighted by atomic mass is 19.2. The topological polar surface area (TPSA) is 53.6 Å². The molecule has 0 aliphatic carbocycles. The van der Waals surface area contributed by atoms with Gasteiger partial charge in [0.1, 0.15) is 6.07 Å². The largest absolute Gasteiger partial charge is 0.377 e. The Morgan fingerprint density at radius 3 is 2.72 bits per heavy atom. The molecule has 0 bridgehead atoms. The van der Waals surface area contributed by atoms with Crippen molar-refractivity contribution in [2.45, 2.75) is 6.54 Å². The predicted molar refractivity (Wildman–Crippen MR) is 61.6 cm³/mol. The Balaban J connectivity index is 2.19. The normalized spacial score (nSPS) is 10.1. The van der Waals surface area contributed by atoms with E-state index in [-0.39, 0.29) is 11.3 Å². The van der Waals surface area contributed by atoms with E-state index in [4.69, 9.17) is 5.26 Å². The molecule has 0 saturated heterocycles. The molecule has 0 radical (unpaired) electrons. The number of anilines is 1. The van der Waals surface area contributed by atoms with E-state index in [2.05, 4.69) is 10.4 Å². The molecule has 18 heavy (non-hydrogen) atoms. The van der Waals surface area contributed by atoms with Gasteiger partial charge in [0, 0.05) is 13.2 Å². The number of aromatic nitrogens is 2. The molecule has 0 fully saturated rings. The molecule has 92 valence electrons. The molecule has 1 heterocycles. The summed E-state index contributed by atoms with van der Waals surface area (Å²) in [6.45, 7) is 0.318. The first-order valence-electron chi connectivity index (χ1n) is 5.22. The molecule has 1 aromatic carbocycles. The van der Waals surface area contributed by atoms with Crippen LogP contribution in [0.2, 0.25) is 0 Å². The Kier molecular flexibility index (Phi) is 3.24. The van der Waals surface area contributed by atoms with E-state index in [0.717, 1.165) is 5.69 Å². The standard InChI is InChI=1S/C12H10F2N4/c1-18-9(4-5-17-18)7-16-10-3-2-8(6-15)11(13)12(10)14/h2-5,16H,7H2,1H3. The Morgan fingerprint density at radius 1 is 1.33 bits per heavy atom. The number of aryl methyl sites for hydroxylation is 1. The van der Waals surface area contributed by atoms with Crippen LogP contribution in [0, 0.1) is 23.0 Å². The van der Waals surface area contributed by atoms with E-state index >= 15 is 0 Å². The second-order valence-electron chi connectivity index (χ2n) is 3.70. The lowest BCUT2D eigenvalue weighted by molar-refractivity contribution is 0.508. The zero-order chi connectivity index (χ0) is 13.1. The van der Waals surface area contributed by atoms with Crippen molar-refractivity contribution in [3.8, 4) is 6.07 Å². The van der Waals surface area contributed by atoms with Crippen molar-refractivity contribution in [3.05, 3.63) is 47.3 Å². The van der Waals surface area contributed by atoms with Gasteiger partial charge < -0.3 is 5.32 Å². The SMILES string of the molecule is Cn1nccc1CNc1ccc(C#N)c(F)c1F. The molecule has 4 nitrogen and oxygen atoms in total. The van der Waals surface area contributed by atoms with E-state index in [9.17, 15) is 8.78 Å². The third-order valence-corrected chi connectivity index (χ3v) is 2.59. The Morgan fingerprint density at radius 2 is 2.11 bits per heavy atom. The van der Waals surface area contributed by atoms with Crippen molar-refractivity contribution in [3.63, 3.8) is 0 Å². The maximum absolute atomic E-state index is 13.6. The van der Waals surface area contributed by atoms with Crippen LogP contribution < -0.4 is 5.32 Å². The highest BCUT2D eigenvalue weighted by Crippen LogP contribution is 2.20. The van der Waals surface area contributed by atoms with Crippen molar-refractivity contribution < 1.29 is 8.78 Å². The van der Waals surface area contributed by atoms with E-state index in [1.807, 2.05) is 0 Å². The minimum Gasteiger partial charge on any atom is -0.377 e. The minimum atomic E-state index is -1.13. The van der Waals surface area contributed by atoms with Crippen LogP contribution in [0.3, 0.4) is 0 Å². The number of benzene rings is 1. The summed E-state index contributed by atoms with van der Waals surface area (Å²) in [5.74, 6) is -2.18. The van der Waals surface area contributed by atoms with Crippen molar-refractivity contribution in [2.75, 3.05) is 5.32 Å². The van der Waals surface area contributed by atoms with Gasteiger partial charge in [-0.15, -0.1) is 0 Å². The summed E-state index contributed by atoms with van der Waals surface area (Å²) in [5.41, 5.74) is 0.547. The highest BCUT2D eigenvalue weighted by Gasteiger charge is 2.13. The molecular formula is C12H10F2N4. The van der Waals surface area contributed by atoms with Gasteiger partial charge in [0.05, 0.1) is 23.5 Å². The molecule has 1 aromatic heterocycles. The summed E-state index contributed by atoms with van der Waals surface area (Å²) in [4.78, 5) is 0. The fourth-order valence-electron chi connectivity index (χ4n) is 1.53. The Hall–Kier alpha value is -2.42. The van der Waals surface area contributed by atoms with Crippen LogP contribution in [0.25, 0.3) is 0 Å². The molecule has 0 atom stereocenters. The Bertz CT molecular complexity index is 613. The summed E-state index contributed by atoms with van der Waals surface area (Å²) >= 11 is 0. The second-order valence-corrected chi connectivity index (χ2v) is 3.70. The van der Waals surface area contributed by atoms with Gasteiger partial charge in [-0.3, -0.25) is 4.68 Å². The van der Waals surface area contributed by atoms with Gasteiger partial charge in [0.2, 0.25) is 0 Å². The number of nitrogens with one attached hydrogen (secondary N) is 1. The molecule has 0 aliphatic heterocycles. The average Bonchev–Trinajstić information content (AvgIpc) is 2.77. The van der Waals surface area contributed by atoms with Crippen molar-refractivity contribution in [1.82, 2.24) is 9.78 Å². The number of rotatable bonds is 3. The third kappa shape index (κ3) is 2.15. The Labute approximate surface area is 102 Å². The van der Waals surface area contributed by atoms with Crippen LogP contribution in [-0.2, 0) is 13.6 Å². The smallest absolute Gasteiger partial charge is 0.183 e. The van der Waals surface area contributed by atoms with Crippen LogP contribution in [0.4, 0.5) is 14.5 Å². The zero-order valence-corrected chi connectivity index (χ0v) is 9.61. The molecule has 0 aliphatic rings. The molecule has 0 spiro atoms. The lowest BCUT2D eigenvalue weighted by Gasteiger charge is -2.08. The summed E-state index contributed by atoms with van der Waals surface area (Å²) < 4.78 is 28.5. The summed E-state index contributed by atoms with van der Waals surface area (Å²) in [6, 6.07) is 5.93. The average molecular weight is 248 g/mol. The summed E-state index contributed by atoms with van der Waals surface area (Å²) in [6.07, 6.45) is 1.62. The fourth-order valence-corrected chi connectivity index (χ4v) is 1.53. The molecule has 6 heteroatoms. The van der Waals surface area contributed by atoms with Gasteiger partial charge in [0.15, 0.2) is 11.6 Å². The molecule has 2 aromatic rings. The molecule has 2 rings (SSSR count). The van der Waals surface area contributed by atoms with E-state index in [0.29, 0.717) is 6.54 Å². The molecule has 1 N–H and O–H groups in total. The molecule has 0 amide bonds. The maximum atomic E-state index is 13.6. The van der Waals surface area contributed by atoms with E-state index < -0.39 is 11.6 Å². The van der Waals surface area contributed by atoms with E-state index in [1.54, 1.807) is 30.1 Å². The number of halogens is 2. The molecular weight excluding hydrogens is 238 g/mol. The number of nitriles is 1. The second kappa shape index (κ2) is 4.84. The number of hydrogen-bond donors (Lipinski definition) is 1. The molecule has 0 unspecified atom stereocenters. The lowest BCUT2D eigenvalue weighted by Crippen LogP contribution is -2.07. The van der Waals surface area contributed by atoms with Crippen LogP contribution in [0.15, 0.2) is 24.4 Å². The van der Waals surface area contributed by atoms with Gasteiger partial charge in [-0.25, -0.2) is 8.78 Å². The van der Waals surface area contributed by atoms with Gasteiger partial charge >= 0.3 is 0 Å². The number of hydrogen-bond acceptors (Lipinski definition) is 3. The zero-order valence-electron chi connectivity index (χ0n) is 9.61. The van der Waals surface area contributed by atoms with Crippen LogP contribution in [0.1, 0.15) is 11.3 Å². The van der Waals surface area contributed by atoms with Crippen LogP contribution in [-0.4, -0.2) is 9.78 Å². The minimum absolute atomic E-state index is 0.0210. The van der Waals surface area contributed by atoms with Crippen LogP contribution >= 0.6 is 0 Å². The third-order valence-electron chi connectivity index (χ3n) is 2.59. The first-order valence-corrected chi connectivity index (χ1v) is 5.22. The van der Waals surface area contributed by atoms with Crippen molar-refractivity contribution in [2.24, 2.45) is 7.05 Å². The van der Waals surface area contributed by atoms with Gasteiger partial charge in [0.25, 0.3) is 0 Å². The van der Waals surface area contributed by atoms with E-state index in [1.165, 1.54) is 12.1 Å². The first-order chi connectivity index (χ1) is 8.63. The quantitative estimate of drug-likeness (QED) is 0.905. The number of nitrogens with zero attached hydrogens (tertiary/aromatic N) is 3. The maximum Gasteiger partial charge on any atom is 0.183 e. The van der Waals surface area contributed by atoms with Crippen molar-refractivity contribution in [1.29, 1.82) is 5.26 Å². The van der Waals surface area contributed by atoms with Gasteiger partial charge in [-0.1, -0.05) is 0 Å². The summed E-state index contributed by atoms with van der Waals surface area (Å²) in [5, 5.41) is 15.3. The summed E-state index contributed by atoms with van der Waals surface area (Å²) in [7, 11) is 1.76. The fraction of sp³-hybridized carbons (Fsp3) is 0.167. The first kappa shape index (κ1) is 12.0. The van der Waals surface area contributed by atoms with Gasteiger partial charge in [-0.2, -0.15) is 10.4 Å². The predicted octanol–water partition coefficient (Wildman–Crippen LogP) is 2.18. The van der Waals surface area contributed by atoms with Crippen molar-refractivity contribution >= 4 is 5.69 Å². The molecule has 0 saturated carbocycles. The lowest BCUT2D eigenvalue weighted by atomic mass is 10.2. The highest BCUT2D eigenvalue weighted by molar-refractivity contribution is 5.49.